The van der Waals surface area contributed by atoms with Gasteiger partial charge in [0.15, 0.2) is 0 Å². The number of nitroso groups, excluding NO2 is 1. The Morgan fingerprint density at radius 2 is 1.96 bits per heavy atom. The highest BCUT2D eigenvalue weighted by atomic mass is 35.5. The van der Waals surface area contributed by atoms with Crippen LogP contribution in [0.4, 0.5) is 0 Å². The predicted octanol–water partition coefficient (Wildman–Crippen LogP) is 4.38. The van der Waals surface area contributed by atoms with E-state index in [-0.39, 0.29) is 12.2 Å². The molecular weight excluding hydrogens is 328 g/mol. The molecule has 0 aliphatic heterocycles. The van der Waals surface area contributed by atoms with Crippen LogP contribution >= 0.6 is 11.6 Å². The average molecular weight is 343 g/mol. The number of benzene rings is 2. The minimum atomic E-state index is -0.518. The Bertz CT molecular complexity index is 938. The standard InChI is InChI=1S/C18H15ClN2O3/c1-11(21-23)10-24-17-14-8-7-13(19)9-15(14)20-18(22)16(17)12-5-3-2-4-6-12/h2-9,11H,10H2,1H3,(H,20,22). The number of nitrogens with one attached hydrogen (secondary N) is 1. The summed E-state index contributed by atoms with van der Waals surface area (Å²) < 4.78 is 5.82. The maximum atomic E-state index is 12.6. The third-order valence-corrected chi connectivity index (χ3v) is 3.87. The van der Waals surface area contributed by atoms with Crippen LogP contribution in [-0.2, 0) is 0 Å². The summed E-state index contributed by atoms with van der Waals surface area (Å²) in [7, 11) is 0. The molecule has 2 aromatic carbocycles. The van der Waals surface area contributed by atoms with E-state index in [1.54, 1.807) is 25.1 Å². The fourth-order valence-corrected chi connectivity index (χ4v) is 2.66. The normalized spacial score (nSPS) is 12.1. The van der Waals surface area contributed by atoms with E-state index in [0.29, 0.717) is 21.9 Å². The van der Waals surface area contributed by atoms with Crippen LogP contribution in [0.2, 0.25) is 5.02 Å². The van der Waals surface area contributed by atoms with Gasteiger partial charge >= 0.3 is 0 Å². The molecule has 1 atom stereocenters. The minimum absolute atomic E-state index is 0.0878. The van der Waals surface area contributed by atoms with Crippen LogP contribution in [0, 0.1) is 4.91 Å². The maximum absolute atomic E-state index is 12.6. The van der Waals surface area contributed by atoms with Crippen molar-refractivity contribution in [2.24, 2.45) is 5.18 Å². The molecule has 0 amide bonds. The van der Waals surface area contributed by atoms with Gasteiger partial charge in [0.1, 0.15) is 18.4 Å². The molecule has 3 rings (SSSR count). The number of nitrogens with zero attached hydrogens (tertiary/aromatic N) is 1. The minimum Gasteiger partial charge on any atom is -0.490 e. The Labute approximate surface area is 143 Å². The molecule has 1 heterocycles. The molecule has 5 nitrogen and oxygen atoms in total. The van der Waals surface area contributed by atoms with E-state index in [9.17, 15) is 9.70 Å². The van der Waals surface area contributed by atoms with Crippen molar-refractivity contribution in [2.45, 2.75) is 13.0 Å². The van der Waals surface area contributed by atoms with Gasteiger partial charge in [0.2, 0.25) is 0 Å². The number of halogens is 1. The van der Waals surface area contributed by atoms with Crippen molar-refractivity contribution >= 4 is 22.5 Å². The van der Waals surface area contributed by atoms with E-state index in [1.165, 1.54) is 0 Å². The SMILES string of the molecule is CC(COc1c(-c2ccccc2)c(=O)[nH]c2cc(Cl)ccc12)N=O. The largest absolute Gasteiger partial charge is 0.490 e. The number of hydrogen-bond acceptors (Lipinski definition) is 4. The smallest absolute Gasteiger partial charge is 0.260 e. The summed E-state index contributed by atoms with van der Waals surface area (Å²) in [6.07, 6.45) is 0. The monoisotopic (exact) mass is 342 g/mol. The highest BCUT2D eigenvalue weighted by molar-refractivity contribution is 6.31. The fraction of sp³-hybridized carbons (Fsp3) is 0.167. The Morgan fingerprint density at radius 3 is 2.67 bits per heavy atom. The van der Waals surface area contributed by atoms with Gasteiger partial charge in [-0.15, -0.1) is 0 Å². The molecule has 122 valence electrons. The molecule has 1 N–H and O–H groups in total. The molecule has 0 spiro atoms. The van der Waals surface area contributed by atoms with Gasteiger partial charge in [0, 0.05) is 10.4 Å². The third-order valence-electron chi connectivity index (χ3n) is 3.64. The van der Waals surface area contributed by atoms with Crippen molar-refractivity contribution in [3.05, 3.63) is 68.8 Å². The van der Waals surface area contributed by atoms with E-state index >= 15 is 0 Å². The topological polar surface area (TPSA) is 71.5 Å². The lowest BCUT2D eigenvalue weighted by atomic mass is 10.0. The van der Waals surface area contributed by atoms with Gasteiger partial charge in [0.05, 0.1) is 11.1 Å². The molecule has 0 fully saturated rings. The summed E-state index contributed by atoms with van der Waals surface area (Å²) in [5.74, 6) is 0.423. The molecule has 0 aliphatic rings. The molecule has 1 unspecified atom stereocenters. The Balaban J connectivity index is 2.25. The first kappa shape index (κ1) is 16.2. The quantitative estimate of drug-likeness (QED) is 0.699. The number of aromatic amines is 1. The van der Waals surface area contributed by atoms with Gasteiger partial charge in [-0.25, -0.2) is 0 Å². The lowest BCUT2D eigenvalue weighted by molar-refractivity contribution is 0.300. The second-order valence-corrected chi connectivity index (χ2v) is 5.92. The van der Waals surface area contributed by atoms with Crippen molar-refractivity contribution in [3.63, 3.8) is 0 Å². The summed E-state index contributed by atoms with van der Waals surface area (Å²) in [6, 6.07) is 13.9. The number of H-pyrrole nitrogens is 1. The molecule has 0 aliphatic carbocycles. The van der Waals surface area contributed by atoms with E-state index < -0.39 is 6.04 Å². The van der Waals surface area contributed by atoms with Gasteiger partial charge in [-0.2, -0.15) is 4.91 Å². The Morgan fingerprint density at radius 1 is 1.21 bits per heavy atom. The molecule has 0 saturated heterocycles. The predicted molar refractivity (Wildman–Crippen MR) is 95.8 cm³/mol. The van der Waals surface area contributed by atoms with Crippen molar-refractivity contribution in [1.29, 1.82) is 0 Å². The summed E-state index contributed by atoms with van der Waals surface area (Å²) in [5.41, 5.74) is 1.45. The zero-order chi connectivity index (χ0) is 17.1. The van der Waals surface area contributed by atoms with Crippen LogP contribution in [0.15, 0.2) is 58.5 Å². The van der Waals surface area contributed by atoms with Gasteiger partial charge in [-0.1, -0.05) is 47.1 Å². The first-order chi connectivity index (χ1) is 11.6. The highest BCUT2D eigenvalue weighted by Gasteiger charge is 2.17. The van der Waals surface area contributed by atoms with Crippen LogP contribution in [0.3, 0.4) is 0 Å². The van der Waals surface area contributed by atoms with Crippen LogP contribution < -0.4 is 10.3 Å². The molecule has 0 bridgehead atoms. The summed E-state index contributed by atoms with van der Waals surface area (Å²) in [5, 5.41) is 4.17. The van der Waals surface area contributed by atoms with Crippen LogP contribution in [0.5, 0.6) is 5.75 Å². The highest BCUT2D eigenvalue weighted by Crippen LogP contribution is 2.34. The van der Waals surface area contributed by atoms with Crippen LogP contribution in [0.25, 0.3) is 22.0 Å². The second-order valence-electron chi connectivity index (χ2n) is 5.48. The summed E-state index contributed by atoms with van der Waals surface area (Å²) in [6.45, 7) is 1.74. The van der Waals surface area contributed by atoms with Crippen LogP contribution in [-0.4, -0.2) is 17.6 Å². The lowest BCUT2D eigenvalue weighted by Gasteiger charge is -2.15. The number of rotatable bonds is 5. The number of aromatic nitrogens is 1. The first-order valence-electron chi connectivity index (χ1n) is 7.46. The van der Waals surface area contributed by atoms with Crippen LogP contribution in [0.1, 0.15) is 6.92 Å². The molecule has 24 heavy (non-hydrogen) atoms. The molecule has 6 heteroatoms. The zero-order valence-electron chi connectivity index (χ0n) is 13.0. The summed E-state index contributed by atoms with van der Waals surface area (Å²) in [4.78, 5) is 26.1. The van der Waals surface area contributed by atoms with Crippen molar-refractivity contribution in [2.75, 3.05) is 6.61 Å². The van der Waals surface area contributed by atoms with E-state index in [4.69, 9.17) is 16.3 Å². The maximum Gasteiger partial charge on any atom is 0.260 e. The Kier molecular flexibility index (Phi) is 4.62. The molecule has 0 saturated carbocycles. The summed E-state index contributed by atoms with van der Waals surface area (Å²) >= 11 is 6.01. The van der Waals surface area contributed by atoms with E-state index in [2.05, 4.69) is 10.2 Å². The number of fused-ring (bicyclic) bond motifs is 1. The zero-order valence-corrected chi connectivity index (χ0v) is 13.7. The third kappa shape index (κ3) is 3.16. The fourth-order valence-electron chi connectivity index (χ4n) is 2.49. The first-order valence-corrected chi connectivity index (χ1v) is 7.84. The van der Waals surface area contributed by atoms with E-state index in [0.717, 1.165) is 10.9 Å². The van der Waals surface area contributed by atoms with Crippen molar-refractivity contribution in [1.82, 2.24) is 4.98 Å². The number of ether oxygens (including phenoxy) is 1. The van der Waals surface area contributed by atoms with Crippen molar-refractivity contribution < 1.29 is 4.74 Å². The van der Waals surface area contributed by atoms with Gasteiger partial charge in [-0.05, 0) is 30.7 Å². The van der Waals surface area contributed by atoms with Gasteiger partial charge in [-0.3, -0.25) is 4.79 Å². The Hall–Kier alpha value is -2.66. The molecule has 1 aromatic heterocycles. The molecular formula is C18H15ClN2O3. The van der Waals surface area contributed by atoms with Crippen molar-refractivity contribution in [3.8, 4) is 16.9 Å². The lowest BCUT2D eigenvalue weighted by Crippen LogP contribution is -2.16. The average Bonchev–Trinajstić information content (AvgIpc) is 2.59. The van der Waals surface area contributed by atoms with Gasteiger partial charge < -0.3 is 9.72 Å². The van der Waals surface area contributed by atoms with Gasteiger partial charge in [0.25, 0.3) is 5.56 Å². The number of hydrogen-bond donors (Lipinski definition) is 1. The second kappa shape index (κ2) is 6.84. The molecule has 0 radical (unpaired) electrons. The molecule has 3 aromatic rings. The van der Waals surface area contributed by atoms with E-state index in [1.807, 2.05) is 30.3 Å². The number of pyridine rings is 1.